The van der Waals surface area contributed by atoms with Gasteiger partial charge in [-0.25, -0.2) is 9.98 Å². The Morgan fingerprint density at radius 3 is 2.03 bits per heavy atom. The number of esters is 1. The highest BCUT2D eigenvalue weighted by molar-refractivity contribution is 6.33. The summed E-state index contributed by atoms with van der Waals surface area (Å²) in [6.07, 6.45) is -15.7. The van der Waals surface area contributed by atoms with E-state index in [1.165, 1.54) is 27.7 Å². The lowest BCUT2D eigenvalue weighted by atomic mass is 9.98. The number of hydrogen-bond acceptors (Lipinski definition) is 5. The Morgan fingerprint density at radius 2 is 1.57 bits per heavy atom. The molecule has 0 spiro atoms. The first-order valence-electron chi connectivity index (χ1n) is 10.2. The summed E-state index contributed by atoms with van der Waals surface area (Å²) in [5.74, 6) is -1.40. The first-order chi connectivity index (χ1) is 16.7. The first-order valence-corrected chi connectivity index (χ1v) is 10.6. The van der Waals surface area contributed by atoms with Gasteiger partial charge in [0.1, 0.15) is 0 Å². The van der Waals surface area contributed by atoms with Gasteiger partial charge < -0.3 is 9.47 Å². The number of carbonyl (C=O) groups is 1. The van der Waals surface area contributed by atoms with Crippen molar-refractivity contribution in [2.75, 3.05) is 6.79 Å². The van der Waals surface area contributed by atoms with Crippen molar-refractivity contribution in [3.8, 4) is 5.88 Å². The van der Waals surface area contributed by atoms with Crippen LogP contribution < -0.4 is 10.4 Å². The highest BCUT2D eigenvalue weighted by Crippen LogP contribution is 2.43. The average molecular weight is 568 g/mol. The fourth-order valence-corrected chi connectivity index (χ4v) is 2.93. The van der Waals surface area contributed by atoms with Crippen molar-refractivity contribution in [1.82, 2.24) is 9.55 Å². The van der Waals surface area contributed by atoms with E-state index < -0.39 is 75.7 Å². The van der Waals surface area contributed by atoms with Crippen LogP contribution in [0.5, 0.6) is 5.88 Å². The van der Waals surface area contributed by atoms with Gasteiger partial charge >= 0.3 is 24.5 Å². The molecule has 2 aromatic rings. The van der Waals surface area contributed by atoms with Crippen molar-refractivity contribution in [1.29, 1.82) is 0 Å². The van der Waals surface area contributed by atoms with Gasteiger partial charge in [-0.1, -0.05) is 11.6 Å². The highest BCUT2D eigenvalue weighted by atomic mass is 35.5. The molecule has 0 radical (unpaired) electrons. The van der Waals surface area contributed by atoms with E-state index in [4.69, 9.17) is 21.1 Å². The molecule has 1 heterocycles. The molecular weight excluding hydrogens is 549 g/mol. The van der Waals surface area contributed by atoms with E-state index in [0.29, 0.717) is 6.07 Å². The summed E-state index contributed by atoms with van der Waals surface area (Å²) in [4.78, 5) is 18.6. The Balaban J connectivity index is 2.78. The Labute approximate surface area is 208 Å². The molecule has 2 rings (SSSR count). The largest absolute Gasteiger partial charge is 0.442 e. The standard InChI is InChI=1S/C21H19ClF9N3O3/c1-5-34-14(36-9-37-16(35)18(2,3)4)8-13(21(29,30)31)33-17(34)32-12-7-10(19(23,24)25)6-11(15(12)22)20(26,27)28/h6-8H,5,9H2,1-4H3. The van der Waals surface area contributed by atoms with Gasteiger partial charge in [-0.2, -0.15) is 39.5 Å². The van der Waals surface area contributed by atoms with Gasteiger partial charge in [0.15, 0.2) is 5.69 Å². The number of carbonyl (C=O) groups excluding carboxylic acids is 1. The summed E-state index contributed by atoms with van der Waals surface area (Å²) < 4.78 is 131. The molecule has 206 valence electrons. The molecule has 0 bridgehead atoms. The zero-order valence-corrected chi connectivity index (χ0v) is 20.2. The Bertz CT molecular complexity index is 1230. The fourth-order valence-electron chi connectivity index (χ4n) is 2.67. The summed E-state index contributed by atoms with van der Waals surface area (Å²) in [5, 5.41) is -1.29. The molecule has 1 aromatic heterocycles. The molecule has 0 saturated carbocycles. The molecule has 6 nitrogen and oxygen atoms in total. The highest BCUT2D eigenvalue weighted by Gasteiger charge is 2.40. The topological polar surface area (TPSA) is 65.7 Å². The number of nitrogens with zero attached hydrogens (tertiary/aromatic N) is 3. The molecule has 0 aliphatic heterocycles. The maximum absolute atomic E-state index is 13.5. The van der Waals surface area contributed by atoms with E-state index in [2.05, 4.69) is 9.98 Å². The lowest BCUT2D eigenvalue weighted by molar-refractivity contribution is -0.160. The van der Waals surface area contributed by atoms with Crippen LogP contribution >= 0.6 is 11.6 Å². The van der Waals surface area contributed by atoms with Crippen LogP contribution in [0.3, 0.4) is 0 Å². The summed E-state index contributed by atoms with van der Waals surface area (Å²) >= 11 is 5.66. The van der Waals surface area contributed by atoms with E-state index in [1.807, 2.05) is 0 Å². The van der Waals surface area contributed by atoms with Gasteiger partial charge in [-0.05, 0) is 39.8 Å². The molecule has 0 unspecified atom stereocenters. The molecule has 16 heteroatoms. The zero-order chi connectivity index (χ0) is 28.6. The molecule has 0 aliphatic rings. The number of hydrogen-bond donors (Lipinski definition) is 0. The first kappa shape index (κ1) is 30.3. The van der Waals surface area contributed by atoms with Crippen LogP contribution in [0.25, 0.3) is 0 Å². The van der Waals surface area contributed by atoms with E-state index >= 15 is 0 Å². The SMILES string of the molecule is CCn1c(OCOC(=O)C(C)(C)C)cc(C(F)(F)F)nc1=Nc1cc(C(F)(F)F)cc(C(F)(F)F)c1Cl. The number of ether oxygens (including phenoxy) is 2. The number of rotatable bonds is 5. The molecule has 1 aromatic carbocycles. The minimum Gasteiger partial charge on any atom is -0.442 e. The van der Waals surface area contributed by atoms with Crippen LogP contribution in [-0.2, 0) is 34.6 Å². The van der Waals surface area contributed by atoms with Gasteiger partial charge in [0.25, 0.3) is 0 Å². The normalized spacial score (nSPS) is 13.6. The minimum atomic E-state index is -5.34. The van der Waals surface area contributed by atoms with Crippen molar-refractivity contribution in [2.45, 2.75) is 52.8 Å². The Hall–Kier alpha value is -2.97. The predicted molar refractivity (Wildman–Crippen MR) is 111 cm³/mol. The van der Waals surface area contributed by atoms with Crippen LogP contribution in [0, 0.1) is 5.41 Å². The van der Waals surface area contributed by atoms with Gasteiger partial charge in [-0.3, -0.25) is 9.36 Å². The van der Waals surface area contributed by atoms with Gasteiger partial charge in [0.05, 0.1) is 27.3 Å². The number of aromatic nitrogens is 2. The third kappa shape index (κ3) is 7.52. The van der Waals surface area contributed by atoms with Crippen LogP contribution in [0.2, 0.25) is 5.02 Å². The fraction of sp³-hybridized carbons (Fsp3) is 0.476. The summed E-state index contributed by atoms with van der Waals surface area (Å²) in [6.45, 7) is 4.74. The Kier molecular flexibility index (Phi) is 8.52. The number of halogens is 10. The van der Waals surface area contributed by atoms with Crippen molar-refractivity contribution in [3.63, 3.8) is 0 Å². The molecule has 0 aliphatic carbocycles. The predicted octanol–water partition coefficient (Wildman–Crippen LogP) is 6.77. The van der Waals surface area contributed by atoms with Crippen LogP contribution in [0.1, 0.15) is 44.5 Å². The molecule has 0 amide bonds. The molecule has 0 N–H and O–H groups in total. The third-order valence-electron chi connectivity index (χ3n) is 4.51. The minimum absolute atomic E-state index is 0.144. The van der Waals surface area contributed by atoms with E-state index in [0.717, 1.165) is 4.57 Å². The van der Waals surface area contributed by atoms with Crippen molar-refractivity contribution in [3.05, 3.63) is 45.7 Å². The van der Waals surface area contributed by atoms with Crippen molar-refractivity contribution in [2.24, 2.45) is 10.4 Å². The summed E-state index contributed by atoms with van der Waals surface area (Å²) in [6, 6.07) is 0.306. The monoisotopic (exact) mass is 567 g/mol. The second-order valence-electron chi connectivity index (χ2n) is 8.43. The number of alkyl halides is 9. The van der Waals surface area contributed by atoms with Crippen LogP contribution in [0.4, 0.5) is 45.2 Å². The molecular formula is C21H19ClF9N3O3. The summed E-state index contributed by atoms with van der Waals surface area (Å²) in [7, 11) is 0. The third-order valence-corrected chi connectivity index (χ3v) is 4.91. The lowest BCUT2D eigenvalue weighted by Crippen LogP contribution is -2.30. The smallest absolute Gasteiger partial charge is 0.433 e. The zero-order valence-electron chi connectivity index (χ0n) is 19.5. The maximum atomic E-state index is 13.5. The molecule has 37 heavy (non-hydrogen) atoms. The van der Waals surface area contributed by atoms with E-state index in [-0.39, 0.29) is 18.7 Å². The van der Waals surface area contributed by atoms with Crippen LogP contribution in [0.15, 0.2) is 23.2 Å². The number of benzene rings is 1. The quantitative estimate of drug-likeness (QED) is 0.227. The summed E-state index contributed by atoms with van der Waals surface area (Å²) in [5.41, 5.74) is -8.40. The molecule has 0 saturated heterocycles. The van der Waals surface area contributed by atoms with Gasteiger partial charge in [0.2, 0.25) is 18.3 Å². The second-order valence-corrected chi connectivity index (χ2v) is 8.81. The molecule has 0 fully saturated rings. The van der Waals surface area contributed by atoms with Crippen molar-refractivity contribution < 1.29 is 53.8 Å². The van der Waals surface area contributed by atoms with E-state index in [9.17, 15) is 44.3 Å². The maximum Gasteiger partial charge on any atom is 0.433 e. The van der Waals surface area contributed by atoms with Gasteiger partial charge in [-0.15, -0.1) is 0 Å². The Morgan fingerprint density at radius 1 is 0.973 bits per heavy atom. The average Bonchev–Trinajstić information content (AvgIpc) is 2.71. The van der Waals surface area contributed by atoms with Crippen LogP contribution in [-0.4, -0.2) is 22.3 Å². The second kappa shape index (κ2) is 10.4. The van der Waals surface area contributed by atoms with E-state index in [1.54, 1.807) is 0 Å². The molecule has 0 atom stereocenters. The van der Waals surface area contributed by atoms with Gasteiger partial charge in [0, 0.05) is 12.6 Å². The lowest BCUT2D eigenvalue weighted by Gasteiger charge is -2.19. The van der Waals surface area contributed by atoms with Crippen molar-refractivity contribution >= 4 is 23.3 Å².